The van der Waals surface area contributed by atoms with Gasteiger partial charge in [0, 0.05) is 6.04 Å². The van der Waals surface area contributed by atoms with E-state index in [-0.39, 0.29) is 35.1 Å². The molecule has 2 aromatic rings. The molecule has 3 amide bonds. The largest absolute Gasteiger partial charge is 0.462 e. The van der Waals surface area contributed by atoms with Crippen molar-refractivity contribution in [1.29, 1.82) is 0 Å². The van der Waals surface area contributed by atoms with Gasteiger partial charge in [-0.2, -0.15) is 0 Å². The second-order valence-electron chi connectivity index (χ2n) is 7.50. The van der Waals surface area contributed by atoms with Crippen LogP contribution in [0.1, 0.15) is 55.6 Å². The molecule has 2 aromatic heterocycles. The third-order valence-corrected chi connectivity index (χ3v) is 5.33. The Labute approximate surface area is 173 Å². The van der Waals surface area contributed by atoms with Crippen LogP contribution in [-0.4, -0.2) is 40.1 Å². The summed E-state index contributed by atoms with van der Waals surface area (Å²) in [5.41, 5.74) is -0.652. The van der Waals surface area contributed by atoms with Gasteiger partial charge in [-0.25, -0.2) is 14.6 Å². The zero-order valence-corrected chi connectivity index (χ0v) is 17.3. The lowest BCUT2D eigenvalue weighted by Gasteiger charge is -2.29. The van der Waals surface area contributed by atoms with E-state index in [1.807, 2.05) is 0 Å². The standard InChI is InChI=1S/C20H26N4O6/c1-4-29-19(27)15-12(3)30-17-16(15)18(26)24(10-21-17)9-14(25)23-20(28)22-13-8-6-5-7-11(13)2/h10-11,13H,4-9H2,1-3H3,(H2,22,23,25,28)/t11-,13+/m0/s1. The first-order valence-electron chi connectivity index (χ1n) is 10.1. The third kappa shape index (κ3) is 4.52. The highest BCUT2D eigenvalue weighted by Crippen LogP contribution is 2.23. The number of hydrogen-bond acceptors (Lipinski definition) is 7. The normalized spacial score (nSPS) is 18.8. The molecule has 10 heteroatoms. The van der Waals surface area contributed by atoms with Crippen LogP contribution in [0.3, 0.4) is 0 Å². The van der Waals surface area contributed by atoms with Crippen LogP contribution in [-0.2, 0) is 16.1 Å². The molecule has 1 aliphatic carbocycles. The molecule has 0 saturated heterocycles. The fraction of sp³-hybridized carbons (Fsp3) is 0.550. The average molecular weight is 418 g/mol. The van der Waals surface area contributed by atoms with Crippen molar-refractivity contribution in [1.82, 2.24) is 20.2 Å². The van der Waals surface area contributed by atoms with Gasteiger partial charge in [-0.3, -0.25) is 19.5 Å². The van der Waals surface area contributed by atoms with E-state index in [0.29, 0.717) is 5.92 Å². The van der Waals surface area contributed by atoms with Crippen molar-refractivity contribution in [3.63, 3.8) is 0 Å². The molecule has 1 aliphatic rings. The van der Waals surface area contributed by atoms with Crippen molar-refractivity contribution in [2.75, 3.05) is 6.61 Å². The number of fused-ring (bicyclic) bond motifs is 1. The van der Waals surface area contributed by atoms with Crippen LogP contribution in [0.4, 0.5) is 4.79 Å². The Morgan fingerprint density at radius 3 is 2.73 bits per heavy atom. The number of nitrogens with one attached hydrogen (secondary N) is 2. The molecule has 0 unspecified atom stereocenters. The van der Waals surface area contributed by atoms with Crippen molar-refractivity contribution < 1.29 is 23.5 Å². The van der Waals surface area contributed by atoms with E-state index >= 15 is 0 Å². The SMILES string of the molecule is CCOC(=O)c1c(C)oc2ncn(CC(=O)NC(=O)N[C@@H]3CCCC[C@@H]3C)c(=O)c12. The number of esters is 1. The van der Waals surface area contributed by atoms with Gasteiger partial charge in [0.25, 0.3) is 5.56 Å². The van der Waals surface area contributed by atoms with E-state index in [0.717, 1.165) is 36.6 Å². The molecule has 0 spiro atoms. The molecule has 3 rings (SSSR count). The minimum atomic E-state index is -0.698. The number of carbonyl (C=O) groups is 3. The van der Waals surface area contributed by atoms with Crippen LogP contribution >= 0.6 is 0 Å². The Hall–Kier alpha value is -3.17. The number of nitrogens with zero attached hydrogens (tertiary/aromatic N) is 2. The summed E-state index contributed by atoms with van der Waals surface area (Å²) in [4.78, 5) is 53.5. The number of aryl methyl sites for hydroxylation is 1. The van der Waals surface area contributed by atoms with Crippen molar-refractivity contribution in [3.8, 4) is 0 Å². The lowest BCUT2D eigenvalue weighted by molar-refractivity contribution is -0.120. The number of carbonyl (C=O) groups excluding carboxylic acids is 3. The van der Waals surface area contributed by atoms with Gasteiger partial charge in [-0.05, 0) is 32.6 Å². The molecule has 2 N–H and O–H groups in total. The topological polar surface area (TPSA) is 133 Å². The zero-order chi connectivity index (χ0) is 21.8. The quantitative estimate of drug-likeness (QED) is 0.708. The highest BCUT2D eigenvalue weighted by Gasteiger charge is 2.25. The van der Waals surface area contributed by atoms with Crippen molar-refractivity contribution in [2.24, 2.45) is 5.92 Å². The highest BCUT2D eigenvalue weighted by molar-refractivity contribution is 6.03. The summed E-state index contributed by atoms with van der Waals surface area (Å²) in [5, 5.41) is 5.01. The summed E-state index contributed by atoms with van der Waals surface area (Å²) in [6.45, 7) is 4.95. The van der Waals surface area contributed by atoms with E-state index in [4.69, 9.17) is 9.15 Å². The molecule has 1 saturated carbocycles. The smallest absolute Gasteiger partial charge is 0.342 e. The Morgan fingerprint density at radius 1 is 1.30 bits per heavy atom. The van der Waals surface area contributed by atoms with E-state index in [1.165, 1.54) is 6.92 Å². The first kappa shape index (κ1) is 21.5. The van der Waals surface area contributed by atoms with Gasteiger partial charge in [0.15, 0.2) is 0 Å². The molecule has 0 aliphatic heterocycles. The average Bonchev–Trinajstić information content (AvgIpc) is 3.03. The van der Waals surface area contributed by atoms with Crippen molar-refractivity contribution in [3.05, 3.63) is 28.0 Å². The molecule has 1 fully saturated rings. The van der Waals surface area contributed by atoms with Crippen molar-refractivity contribution >= 4 is 29.0 Å². The fourth-order valence-electron chi connectivity index (χ4n) is 3.76. The highest BCUT2D eigenvalue weighted by atomic mass is 16.5. The van der Waals surface area contributed by atoms with E-state index in [9.17, 15) is 19.2 Å². The number of ether oxygens (including phenoxy) is 1. The van der Waals surface area contributed by atoms with Gasteiger partial charge in [0.1, 0.15) is 29.6 Å². The van der Waals surface area contributed by atoms with Crippen LogP contribution in [0.25, 0.3) is 11.1 Å². The van der Waals surface area contributed by atoms with Gasteiger partial charge >= 0.3 is 12.0 Å². The van der Waals surface area contributed by atoms with Crippen LogP contribution in [0.2, 0.25) is 0 Å². The van der Waals surface area contributed by atoms with Gasteiger partial charge in [-0.15, -0.1) is 0 Å². The number of aromatic nitrogens is 2. The molecule has 30 heavy (non-hydrogen) atoms. The summed E-state index contributed by atoms with van der Waals surface area (Å²) in [6.07, 6.45) is 5.23. The number of hydrogen-bond donors (Lipinski definition) is 2. The number of urea groups is 1. The summed E-state index contributed by atoms with van der Waals surface area (Å²) in [6, 6.07) is -0.569. The third-order valence-electron chi connectivity index (χ3n) is 5.33. The Balaban J connectivity index is 1.73. The van der Waals surface area contributed by atoms with E-state index < -0.39 is 30.0 Å². The zero-order valence-electron chi connectivity index (χ0n) is 17.3. The maximum atomic E-state index is 12.8. The molecule has 0 bridgehead atoms. The monoisotopic (exact) mass is 418 g/mol. The van der Waals surface area contributed by atoms with Crippen LogP contribution < -0.4 is 16.2 Å². The lowest BCUT2D eigenvalue weighted by atomic mass is 9.86. The predicted molar refractivity (Wildman–Crippen MR) is 107 cm³/mol. The maximum Gasteiger partial charge on any atom is 0.342 e. The molecule has 2 heterocycles. The summed E-state index contributed by atoms with van der Waals surface area (Å²) in [7, 11) is 0. The lowest BCUT2D eigenvalue weighted by Crippen LogP contribution is -2.48. The molecule has 0 aromatic carbocycles. The first-order chi connectivity index (χ1) is 14.3. The first-order valence-corrected chi connectivity index (χ1v) is 10.1. The number of imide groups is 1. The predicted octanol–water partition coefficient (Wildman–Crippen LogP) is 1.88. The minimum Gasteiger partial charge on any atom is -0.462 e. The molecular weight excluding hydrogens is 392 g/mol. The van der Waals surface area contributed by atoms with E-state index in [1.54, 1.807) is 6.92 Å². The molecule has 0 radical (unpaired) electrons. The number of furan rings is 1. The van der Waals surface area contributed by atoms with Crippen LogP contribution in [0.15, 0.2) is 15.5 Å². The maximum absolute atomic E-state index is 12.8. The molecule has 2 atom stereocenters. The Morgan fingerprint density at radius 2 is 2.03 bits per heavy atom. The van der Waals surface area contributed by atoms with Gasteiger partial charge < -0.3 is 14.5 Å². The summed E-state index contributed by atoms with van der Waals surface area (Å²) >= 11 is 0. The minimum absolute atomic E-state index is 0.0110. The Bertz CT molecular complexity index is 1020. The van der Waals surface area contributed by atoms with Gasteiger partial charge in [-0.1, -0.05) is 19.8 Å². The van der Waals surface area contributed by atoms with Crippen LogP contribution in [0.5, 0.6) is 0 Å². The number of amides is 3. The van der Waals surface area contributed by atoms with Gasteiger partial charge in [0.05, 0.1) is 6.61 Å². The van der Waals surface area contributed by atoms with Gasteiger partial charge in [0.2, 0.25) is 11.6 Å². The number of rotatable bonds is 5. The molecular formula is C20H26N4O6. The fourth-order valence-corrected chi connectivity index (χ4v) is 3.76. The summed E-state index contributed by atoms with van der Waals surface area (Å²) in [5.74, 6) is -0.816. The van der Waals surface area contributed by atoms with E-state index in [2.05, 4.69) is 22.5 Å². The van der Waals surface area contributed by atoms with Crippen LogP contribution in [0, 0.1) is 12.8 Å². The van der Waals surface area contributed by atoms with Crippen molar-refractivity contribution in [2.45, 2.75) is 59.0 Å². The second-order valence-corrected chi connectivity index (χ2v) is 7.50. The molecule has 162 valence electrons. The molecule has 10 nitrogen and oxygen atoms in total. The Kier molecular flexibility index (Phi) is 6.53. The summed E-state index contributed by atoms with van der Waals surface area (Å²) < 4.78 is 11.4. The second kappa shape index (κ2) is 9.10.